The summed E-state index contributed by atoms with van der Waals surface area (Å²) in [7, 11) is 1.61. The van der Waals surface area contributed by atoms with Crippen LogP contribution < -0.4 is 0 Å². The van der Waals surface area contributed by atoms with Crippen molar-refractivity contribution in [2.75, 3.05) is 7.11 Å². The second-order valence-corrected chi connectivity index (χ2v) is 4.04. The van der Waals surface area contributed by atoms with E-state index in [4.69, 9.17) is 9.26 Å². The maximum absolute atomic E-state index is 9.66. The molecular formula is C13H16N2O3. The maximum Gasteiger partial charge on any atom is 0.258 e. The van der Waals surface area contributed by atoms with Gasteiger partial charge in [0.25, 0.3) is 5.89 Å². The Balaban J connectivity index is 2.38. The van der Waals surface area contributed by atoms with E-state index in [9.17, 15) is 5.11 Å². The number of rotatable bonds is 4. The van der Waals surface area contributed by atoms with Crippen LogP contribution in [0.1, 0.15) is 30.8 Å². The molecule has 0 aliphatic heterocycles. The van der Waals surface area contributed by atoms with Crippen LogP contribution in [0.3, 0.4) is 0 Å². The lowest BCUT2D eigenvalue weighted by atomic mass is 10.1. The molecule has 1 heterocycles. The lowest BCUT2D eigenvalue weighted by molar-refractivity contribution is 0.0903. The first-order valence-electron chi connectivity index (χ1n) is 5.82. The number of hydrogen-bond acceptors (Lipinski definition) is 5. The lowest BCUT2D eigenvalue weighted by Gasteiger charge is -2.06. The highest BCUT2D eigenvalue weighted by atomic mass is 16.5. The van der Waals surface area contributed by atoms with Crippen molar-refractivity contribution in [2.45, 2.75) is 26.4 Å². The number of ether oxygens (including phenoxy) is 1. The molecule has 0 aliphatic rings. The molecule has 0 amide bonds. The molecule has 1 aromatic heterocycles. The number of aromatic nitrogens is 2. The number of phenols is 1. The predicted molar refractivity (Wildman–Crippen MR) is 66.2 cm³/mol. The topological polar surface area (TPSA) is 68.4 Å². The van der Waals surface area contributed by atoms with Crippen molar-refractivity contribution in [1.29, 1.82) is 0 Å². The van der Waals surface area contributed by atoms with E-state index in [1.807, 2.05) is 19.9 Å². The highest BCUT2D eigenvalue weighted by molar-refractivity contribution is 5.61. The molecule has 5 heteroatoms. The minimum absolute atomic E-state index is 0.167. The van der Waals surface area contributed by atoms with Crippen LogP contribution in [0.15, 0.2) is 22.7 Å². The summed E-state index contributed by atoms with van der Waals surface area (Å²) in [5, 5.41) is 13.6. The fourth-order valence-electron chi connectivity index (χ4n) is 1.78. The first-order chi connectivity index (χ1) is 8.67. The van der Waals surface area contributed by atoms with Gasteiger partial charge in [0.15, 0.2) is 0 Å². The van der Waals surface area contributed by atoms with Gasteiger partial charge in [-0.2, -0.15) is 4.98 Å². The SMILES string of the molecule is CCC(OC)c1noc(-c2cccc(O)c2C)n1. The summed E-state index contributed by atoms with van der Waals surface area (Å²) in [4.78, 5) is 4.31. The van der Waals surface area contributed by atoms with Gasteiger partial charge in [-0.3, -0.25) is 0 Å². The van der Waals surface area contributed by atoms with E-state index in [0.717, 1.165) is 17.5 Å². The molecular weight excluding hydrogens is 232 g/mol. The highest BCUT2D eigenvalue weighted by Crippen LogP contribution is 2.29. The van der Waals surface area contributed by atoms with Crippen LogP contribution in [0.5, 0.6) is 5.75 Å². The van der Waals surface area contributed by atoms with Gasteiger partial charge in [-0.15, -0.1) is 0 Å². The number of hydrogen-bond donors (Lipinski definition) is 1. The molecule has 96 valence electrons. The summed E-state index contributed by atoms with van der Waals surface area (Å²) < 4.78 is 10.5. The van der Waals surface area contributed by atoms with Crippen molar-refractivity contribution in [2.24, 2.45) is 0 Å². The third kappa shape index (κ3) is 2.22. The standard InChI is InChI=1S/C13H16N2O3/c1-4-11(17-3)12-14-13(18-15-12)9-6-5-7-10(16)8(9)2/h5-7,11,16H,4H2,1-3H3. The van der Waals surface area contributed by atoms with E-state index in [0.29, 0.717) is 11.7 Å². The lowest BCUT2D eigenvalue weighted by Crippen LogP contribution is -2.01. The average Bonchev–Trinajstić information content (AvgIpc) is 2.84. The second kappa shape index (κ2) is 5.18. The molecule has 0 fully saturated rings. The van der Waals surface area contributed by atoms with Gasteiger partial charge in [-0.1, -0.05) is 18.1 Å². The van der Waals surface area contributed by atoms with Crippen LogP contribution in [0.2, 0.25) is 0 Å². The Labute approximate surface area is 105 Å². The zero-order valence-corrected chi connectivity index (χ0v) is 10.7. The number of phenolic OH excluding ortho intramolecular Hbond substituents is 1. The predicted octanol–water partition coefficient (Wildman–Crippen LogP) is 2.85. The van der Waals surface area contributed by atoms with Crippen molar-refractivity contribution in [3.63, 3.8) is 0 Å². The van der Waals surface area contributed by atoms with Gasteiger partial charge < -0.3 is 14.4 Å². The molecule has 0 spiro atoms. The highest BCUT2D eigenvalue weighted by Gasteiger charge is 2.18. The van der Waals surface area contributed by atoms with Crippen molar-refractivity contribution in [3.8, 4) is 17.2 Å². The molecule has 2 aromatic rings. The summed E-state index contributed by atoms with van der Waals surface area (Å²) in [6.07, 6.45) is 0.606. The van der Waals surface area contributed by atoms with Crippen molar-refractivity contribution < 1.29 is 14.4 Å². The monoisotopic (exact) mass is 248 g/mol. The molecule has 0 bridgehead atoms. The number of aromatic hydroxyl groups is 1. The molecule has 0 saturated carbocycles. The van der Waals surface area contributed by atoms with Gasteiger partial charge in [0.2, 0.25) is 5.82 Å². The van der Waals surface area contributed by atoms with E-state index >= 15 is 0 Å². The first kappa shape index (κ1) is 12.6. The Morgan fingerprint density at radius 2 is 2.22 bits per heavy atom. The molecule has 0 aliphatic carbocycles. The Bertz CT molecular complexity index is 533. The zero-order valence-electron chi connectivity index (χ0n) is 10.7. The summed E-state index contributed by atoms with van der Waals surface area (Å²) in [6.45, 7) is 3.80. The molecule has 1 unspecified atom stereocenters. The quantitative estimate of drug-likeness (QED) is 0.901. The molecule has 0 saturated heterocycles. The summed E-state index contributed by atoms with van der Waals surface area (Å²) >= 11 is 0. The first-order valence-corrected chi connectivity index (χ1v) is 5.82. The van der Waals surface area contributed by atoms with E-state index in [1.165, 1.54) is 0 Å². The van der Waals surface area contributed by atoms with Crippen molar-refractivity contribution in [3.05, 3.63) is 29.6 Å². The van der Waals surface area contributed by atoms with Gasteiger partial charge in [0.1, 0.15) is 11.9 Å². The molecule has 1 N–H and O–H groups in total. The van der Waals surface area contributed by atoms with Gasteiger partial charge in [-0.25, -0.2) is 0 Å². The van der Waals surface area contributed by atoms with Crippen LogP contribution in [0.4, 0.5) is 0 Å². The number of nitrogens with zero attached hydrogens (tertiary/aromatic N) is 2. The van der Waals surface area contributed by atoms with Crippen LogP contribution in [0.25, 0.3) is 11.5 Å². The molecule has 0 radical (unpaired) electrons. The Morgan fingerprint density at radius 1 is 1.44 bits per heavy atom. The summed E-state index contributed by atoms with van der Waals surface area (Å²) in [5.74, 6) is 1.14. The second-order valence-electron chi connectivity index (χ2n) is 4.04. The smallest absolute Gasteiger partial charge is 0.258 e. The molecule has 18 heavy (non-hydrogen) atoms. The van der Waals surface area contributed by atoms with E-state index in [2.05, 4.69) is 10.1 Å². The van der Waals surface area contributed by atoms with Gasteiger partial charge in [-0.05, 0) is 25.5 Å². The molecule has 2 rings (SSSR count). The minimum Gasteiger partial charge on any atom is -0.508 e. The Hall–Kier alpha value is -1.88. The molecule has 5 nitrogen and oxygen atoms in total. The van der Waals surface area contributed by atoms with E-state index in [-0.39, 0.29) is 11.9 Å². The summed E-state index contributed by atoms with van der Waals surface area (Å²) in [5.41, 5.74) is 1.46. The Kier molecular flexibility index (Phi) is 3.62. The van der Waals surface area contributed by atoms with Crippen LogP contribution >= 0.6 is 0 Å². The van der Waals surface area contributed by atoms with Crippen molar-refractivity contribution in [1.82, 2.24) is 10.1 Å². The maximum atomic E-state index is 9.66. The fourth-order valence-corrected chi connectivity index (χ4v) is 1.78. The minimum atomic E-state index is -0.167. The Morgan fingerprint density at radius 3 is 2.89 bits per heavy atom. The van der Waals surface area contributed by atoms with Crippen LogP contribution in [-0.2, 0) is 4.74 Å². The van der Waals surface area contributed by atoms with E-state index < -0.39 is 0 Å². The number of methoxy groups -OCH3 is 1. The normalized spacial score (nSPS) is 12.6. The molecule has 1 atom stereocenters. The van der Waals surface area contributed by atoms with Crippen LogP contribution in [0, 0.1) is 6.92 Å². The van der Waals surface area contributed by atoms with Gasteiger partial charge in [0, 0.05) is 18.2 Å². The van der Waals surface area contributed by atoms with Crippen molar-refractivity contribution >= 4 is 0 Å². The van der Waals surface area contributed by atoms with Gasteiger partial charge in [0.05, 0.1) is 0 Å². The average molecular weight is 248 g/mol. The summed E-state index contributed by atoms with van der Waals surface area (Å²) in [6, 6.07) is 5.20. The molecule has 1 aromatic carbocycles. The van der Waals surface area contributed by atoms with E-state index in [1.54, 1.807) is 19.2 Å². The largest absolute Gasteiger partial charge is 0.508 e. The zero-order chi connectivity index (χ0) is 13.1. The van der Waals surface area contributed by atoms with Crippen LogP contribution in [-0.4, -0.2) is 22.4 Å². The fraction of sp³-hybridized carbons (Fsp3) is 0.385. The number of benzene rings is 1. The third-order valence-electron chi connectivity index (χ3n) is 2.92. The van der Waals surface area contributed by atoms with Gasteiger partial charge >= 0.3 is 0 Å². The third-order valence-corrected chi connectivity index (χ3v) is 2.92.